The molecule has 6 heteroatoms. The van der Waals surface area contributed by atoms with E-state index in [0.717, 1.165) is 11.0 Å². The van der Waals surface area contributed by atoms with Crippen molar-refractivity contribution in [3.63, 3.8) is 0 Å². The van der Waals surface area contributed by atoms with Gasteiger partial charge in [-0.2, -0.15) is 0 Å². The number of pyridine rings is 2. The first-order valence-electron chi connectivity index (χ1n) is 7.34. The van der Waals surface area contributed by atoms with Crippen LogP contribution in [0.1, 0.15) is 24.4 Å². The van der Waals surface area contributed by atoms with Crippen LogP contribution in [0.4, 0.5) is 11.5 Å². The number of hydrogen-bond donors (Lipinski definition) is 1. The molecule has 3 rings (SSSR count). The summed E-state index contributed by atoms with van der Waals surface area (Å²) in [6, 6.07) is 6.25. The molecule has 1 atom stereocenters. The zero-order valence-electron chi connectivity index (χ0n) is 12.7. The van der Waals surface area contributed by atoms with Crippen molar-refractivity contribution >= 4 is 27.4 Å². The normalized spacial score (nSPS) is 18.6. The Morgan fingerprint density at radius 1 is 1.36 bits per heavy atom. The maximum absolute atomic E-state index is 12.1. The van der Waals surface area contributed by atoms with Gasteiger partial charge in [0.15, 0.2) is 0 Å². The number of hydrogen-bond acceptors (Lipinski definition) is 4. The van der Waals surface area contributed by atoms with Crippen molar-refractivity contribution in [3.8, 4) is 0 Å². The van der Waals surface area contributed by atoms with E-state index in [2.05, 4.69) is 44.2 Å². The zero-order valence-corrected chi connectivity index (χ0v) is 14.3. The van der Waals surface area contributed by atoms with Gasteiger partial charge in [-0.25, -0.2) is 4.98 Å². The van der Waals surface area contributed by atoms with Gasteiger partial charge in [-0.15, -0.1) is 0 Å². The monoisotopic (exact) mass is 362 g/mol. The lowest BCUT2D eigenvalue weighted by Gasteiger charge is -2.19. The van der Waals surface area contributed by atoms with Crippen LogP contribution in [-0.2, 0) is 7.05 Å². The second kappa shape index (κ2) is 6.22. The summed E-state index contributed by atoms with van der Waals surface area (Å²) in [6.45, 7) is 1.14. The molecule has 1 fully saturated rings. The highest BCUT2D eigenvalue weighted by atomic mass is 79.9. The number of aromatic nitrogens is 2. The second-order valence-electron chi connectivity index (χ2n) is 5.73. The van der Waals surface area contributed by atoms with Gasteiger partial charge in [0.1, 0.15) is 11.5 Å². The van der Waals surface area contributed by atoms with E-state index >= 15 is 0 Å². The van der Waals surface area contributed by atoms with Crippen LogP contribution in [0.15, 0.2) is 39.9 Å². The fraction of sp³-hybridized carbons (Fsp3) is 0.375. The molecule has 2 aromatic heterocycles. The summed E-state index contributed by atoms with van der Waals surface area (Å²) in [5, 5.41) is 3.09. The summed E-state index contributed by atoms with van der Waals surface area (Å²) in [4.78, 5) is 18.9. The van der Waals surface area contributed by atoms with Gasteiger partial charge in [0, 0.05) is 30.0 Å². The number of rotatable bonds is 3. The highest BCUT2D eigenvalue weighted by Crippen LogP contribution is 2.30. The van der Waals surface area contributed by atoms with Crippen molar-refractivity contribution in [2.75, 3.05) is 18.9 Å². The van der Waals surface area contributed by atoms with Gasteiger partial charge < -0.3 is 9.88 Å². The number of nitrogens with one attached hydrogen (secondary N) is 1. The number of nitrogens with zero attached hydrogens (tertiary/aromatic N) is 3. The Morgan fingerprint density at radius 2 is 2.18 bits per heavy atom. The Balaban J connectivity index is 1.81. The van der Waals surface area contributed by atoms with Crippen LogP contribution in [0, 0.1) is 0 Å². The van der Waals surface area contributed by atoms with Crippen LogP contribution in [-0.4, -0.2) is 28.0 Å². The second-order valence-corrected chi connectivity index (χ2v) is 6.64. The van der Waals surface area contributed by atoms with Crippen molar-refractivity contribution < 1.29 is 0 Å². The molecule has 22 heavy (non-hydrogen) atoms. The molecule has 1 N–H and O–H groups in total. The molecule has 0 aliphatic carbocycles. The summed E-state index contributed by atoms with van der Waals surface area (Å²) < 4.78 is 2.38. The van der Waals surface area contributed by atoms with E-state index in [4.69, 9.17) is 0 Å². The molecule has 1 unspecified atom stereocenters. The predicted molar refractivity (Wildman–Crippen MR) is 91.5 cm³/mol. The van der Waals surface area contributed by atoms with Gasteiger partial charge >= 0.3 is 0 Å². The topological polar surface area (TPSA) is 50.2 Å². The number of halogens is 1. The van der Waals surface area contributed by atoms with Gasteiger partial charge in [0.25, 0.3) is 5.56 Å². The van der Waals surface area contributed by atoms with Crippen LogP contribution in [0.5, 0.6) is 0 Å². The summed E-state index contributed by atoms with van der Waals surface area (Å²) in [5.41, 5.74) is 1.66. The summed E-state index contributed by atoms with van der Waals surface area (Å²) in [7, 11) is 3.87. The maximum Gasteiger partial charge on any atom is 0.274 e. The number of anilines is 2. The van der Waals surface area contributed by atoms with E-state index in [1.54, 1.807) is 19.3 Å². The molecule has 0 radical (unpaired) electrons. The quantitative estimate of drug-likeness (QED) is 0.911. The van der Waals surface area contributed by atoms with Gasteiger partial charge in [-0.3, -0.25) is 9.69 Å². The highest BCUT2D eigenvalue weighted by molar-refractivity contribution is 9.10. The van der Waals surface area contributed by atoms with Gasteiger partial charge in [0.05, 0.1) is 0 Å². The van der Waals surface area contributed by atoms with E-state index in [1.165, 1.54) is 23.0 Å². The van der Waals surface area contributed by atoms with Crippen molar-refractivity contribution in [1.82, 2.24) is 14.5 Å². The molecule has 0 aromatic carbocycles. The molecule has 116 valence electrons. The van der Waals surface area contributed by atoms with Crippen molar-refractivity contribution in [2.24, 2.45) is 7.05 Å². The van der Waals surface area contributed by atoms with E-state index < -0.39 is 0 Å². The minimum absolute atomic E-state index is 0.0791. The lowest BCUT2D eigenvalue weighted by Crippen LogP contribution is -2.19. The first kappa shape index (κ1) is 15.2. The van der Waals surface area contributed by atoms with Crippen molar-refractivity contribution in [2.45, 2.75) is 18.9 Å². The molecule has 3 heterocycles. The molecule has 1 aliphatic rings. The Hall–Kier alpha value is -1.66. The first-order valence-corrected chi connectivity index (χ1v) is 8.13. The zero-order chi connectivity index (χ0) is 15.7. The van der Waals surface area contributed by atoms with Crippen LogP contribution >= 0.6 is 15.9 Å². The molecule has 0 bridgehead atoms. The largest absolute Gasteiger partial charge is 0.336 e. The Kier molecular flexibility index (Phi) is 4.31. The van der Waals surface area contributed by atoms with Crippen LogP contribution < -0.4 is 10.9 Å². The van der Waals surface area contributed by atoms with E-state index in [1.807, 2.05) is 12.3 Å². The molecular formula is C16H19BrN4O. The van der Waals surface area contributed by atoms with Crippen molar-refractivity contribution in [1.29, 1.82) is 0 Å². The Bertz CT molecular complexity index is 726. The maximum atomic E-state index is 12.1. The average molecular weight is 363 g/mol. The van der Waals surface area contributed by atoms with Gasteiger partial charge in [-0.05, 0) is 60.1 Å². The first-order chi connectivity index (χ1) is 10.5. The fourth-order valence-electron chi connectivity index (χ4n) is 2.91. The average Bonchev–Trinajstić information content (AvgIpc) is 2.91. The third-order valence-corrected chi connectivity index (χ3v) is 4.54. The fourth-order valence-corrected chi connectivity index (χ4v) is 3.44. The lowest BCUT2D eigenvalue weighted by atomic mass is 10.1. The smallest absolute Gasteiger partial charge is 0.274 e. The molecule has 1 saturated heterocycles. The van der Waals surface area contributed by atoms with Crippen molar-refractivity contribution in [3.05, 3.63) is 51.0 Å². The van der Waals surface area contributed by atoms with Gasteiger partial charge in [-0.1, -0.05) is 6.07 Å². The minimum Gasteiger partial charge on any atom is -0.336 e. The number of aryl methyl sites for hydroxylation is 1. The third-order valence-electron chi connectivity index (χ3n) is 4.10. The summed E-state index contributed by atoms with van der Waals surface area (Å²) in [5.74, 6) is 0.680. The number of likely N-dealkylation sites (tertiary alicyclic amines) is 1. The van der Waals surface area contributed by atoms with Crippen LogP contribution in [0.25, 0.3) is 0 Å². The SMILES string of the molecule is CN1CCCC1c1ccc(Nc2cc(Br)cn(C)c2=O)nc1. The molecule has 5 nitrogen and oxygen atoms in total. The molecule has 1 aliphatic heterocycles. The lowest BCUT2D eigenvalue weighted by molar-refractivity contribution is 0.317. The summed E-state index contributed by atoms with van der Waals surface area (Å²) >= 11 is 3.40. The molecular weight excluding hydrogens is 344 g/mol. The Morgan fingerprint density at radius 3 is 2.82 bits per heavy atom. The third kappa shape index (κ3) is 3.08. The van der Waals surface area contributed by atoms with Gasteiger partial charge in [0.2, 0.25) is 0 Å². The Labute approximate surface area is 138 Å². The van der Waals surface area contributed by atoms with E-state index in [-0.39, 0.29) is 5.56 Å². The standard InChI is InChI=1S/C16H19BrN4O/c1-20-7-3-4-14(20)11-5-6-15(18-9-11)19-13-8-12(17)10-21(2)16(13)22/h5-6,8-10,14H,3-4,7H2,1-2H3,(H,18,19). The highest BCUT2D eigenvalue weighted by Gasteiger charge is 2.22. The summed E-state index contributed by atoms with van der Waals surface area (Å²) in [6.07, 6.45) is 6.05. The molecule has 0 amide bonds. The van der Waals surface area contributed by atoms with E-state index in [9.17, 15) is 4.79 Å². The van der Waals surface area contributed by atoms with Crippen LogP contribution in [0.2, 0.25) is 0 Å². The molecule has 0 saturated carbocycles. The van der Waals surface area contributed by atoms with Crippen LogP contribution in [0.3, 0.4) is 0 Å². The molecule has 2 aromatic rings. The molecule has 0 spiro atoms. The minimum atomic E-state index is -0.0791. The van der Waals surface area contributed by atoms with E-state index in [0.29, 0.717) is 17.5 Å². The predicted octanol–water partition coefficient (Wildman–Crippen LogP) is 3.05.